The predicted octanol–water partition coefficient (Wildman–Crippen LogP) is 5.27. The average molecular weight is 535 g/mol. The van der Waals surface area contributed by atoms with E-state index in [2.05, 4.69) is 49.1 Å². The first-order valence-electron chi connectivity index (χ1n) is 12.9. The molecule has 1 amide bonds. The van der Waals surface area contributed by atoms with Crippen LogP contribution in [0.5, 0.6) is 0 Å². The van der Waals surface area contributed by atoms with Crippen LogP contribution in [-0.2, 0) is 18.3 Å². The van der Waals surface area contributed by atoms with Crippen LogP contribution in [-0.4, -0.2) is 39.3 Å². The van der Waals surface area contributed by atoms with Gasteiger partial charge in [-0.2, -0.15) is 5.26 Å². The minimum atomic E-state index is -0.303. The van der Waals surface area contributed by atoms with Crippen LogP contribution in [0, 0.1) is 30.1 Å². The van der Waals surface area contributed by atoms with Crippen LogP contribution < -0.4 is 10.5 Å². The van der Waals surface area contributed by atoms with Gasteiger partial charge in [0.25, 0.3) is 11.5 Å². The van der Waals surface area contributed by atoms with Gasteiger partial charge in [0.15, 0.2) is 0 Å². The molecule has 0 N–H and O–H groups in total. The molecule has 1 aromatic heterocycles. The van der Waals surface area contributed by atoms with E-state index in [-0.39, 0.29) is 17.0 Å². The average Bonchev–Trinajstić information content (AvgIpc) is 3.15. The van der Waals surface area contributed by atoms with E-state index in [1.807, 2.05) is 12.1 Å². The van der Waals surface area contributed by atoms with Crippen molar-refractivity contribution in [3.63, 3.8) is 0 Å². The number of amides is 1. The molecule has 3 heterocycles. The van der Waals surface area contributed by atoms with Gasteiger partial charge in [0.2, 0.25) is 0 Å². The van der Waals surface area contributed by atoms with E-state index in [0.717, 1.165) is 50.2 Å². The summed E-state index contributed by atoms with van der Waals surface area (Å²) in [5.41, 5.74) is 2.53. The number of pyridine rings is 1. The smallest absolute Gasteiger partial charge is 0.270 e. The second kappa shape index (κ2) is 11.7. The first kappa shape index (κ1) is 27.2. The highest BCUT2D eigenvalue weighted by atomic mass is 32.2. The number of hydrogen-bond acceptors (Lipinski definition) is 6. The Morgan fingerprint density at radius 1 is 1.19 bits per heavy atom. The van der Waals surface area contributed by atoms with Crippen molar-refractivity contribution in [2.24, 2.45) is 18.9 Å². The van der Waals surface area contributed by atoms with Gasteiger partial charge in [-0.3, -0.25) is 19.1 Å². The van der Waals surface area contributed by atoms with Gasteiger partial charge in [-0.15, -0.1) is 0 Å². The number of thioether (sulfide) groups is 1. The molecule has 0 bridgehead atoms. The quantitative estimate of drug-likeness (QED) is 0.356. The first-order valence-corrected chi connectivity index (χ1v) is 14.1. The summed E-state index contributed by atoms with van der Waals surface area (Å²) < 4.78 is 2.14. The molecule has 8 heteroatoms. The third-order valence-corrected chi connectivity index (χ3v) is 8.71. The van der Waals surface area contributed by atoms with E-state index in [0.29, 0.717) is 33.2 Å². The van der Waals surface area contributed by atoms with E-state index in [1.54, 1.807) is 23.4 Å². The topological polar surface area (TPSA) is 69.3 Å². The number of hydrogen-bond donors (Lipinski definition) is 0. The minimum absolute atomic E-state index is 0.102. The number of piperidine rings is 1. The number of anilines is 1. The Bertz CT molecular complexity index is 1320. The lowest BCUT2D eigenvalue weighted by molar-refractivity contribution is -0.122. The molecule has 4 rings (SSSR count). The summed E-state index contributed by atoms with van der Waals surface area (Å²) in [5.74, 6) is 1.71. The molecule has 0 saturated carbocycles. The molecule has 37 heavy (non-hydrogen) atoms. The lowest BCUT2D eigenvalue weighted by atomic mass is 9.90. The third-order valence-electron chi connectivity index (χ3n) is 7.33. The molecule has 0 radical (unpaired) electrons. The molecule has 0 unspecified atom stereocenters. The minimum Gasteiger partial charge on any atom is -0.357 e. The molecule has 0 atom stereocenters. The zero-order valence-electron chi connectivity index (χ0n) is 22.0. The van der Waals surface area contributed by atoms with Gasteiger partial charge < -0.3 is 4.90 Å². The molecule has 2 aromatic rings. The van der Waals surface area contributed by atoms with Crippen molar-refractivity contribution in [3.05, 3.63) is 67.8 Å². The second-order valence-corrected chi connectivity index (χ2v) is 12.0. The Hall–Kier alpha value is -2.89. The normalized spacial score (nSPS) is 17.8. The van der Waals surface area contributed by atoms with E-state index >= 15 is 0 Å². The highest BCUT2D eigenvalue weighted by molar-refractivity contribution is 8.26. The Balaban J connectivity index is 1.65. The molecule has 2 saturated heterocycles. The van der Waals surface area contributed by atoms with Crippen LogP contribution in [0.3, 0.4) is 0 Å². The van der Waals surface area contributed by atoms with Crippen molar-refractivity contribution in [3.8, 4) is 6.07 Å². The monoisotopic (exact) mass is 534 g/mol. The molecule has 2 aliphatic rings. The number of nitriles is 1. The highest BCUT2D eigenvalue weighted by Gasteiger charge is 2.33. The standard InChI is InChI=1S/C29H34N4O2S2/c1-19(2)10-15-33-28(35)25(37-29(33)36)17-23-20(3)24(18-30)27(34)31(4)26(23)32-13-11-22(12-14-32)16-21-8-6-5-7-9-21/h5-9,17,19,22H,10-16H2,1-4H3/b25-17-. The van der Waals surface area contributed by atoms with Crippen LogP contribution in [0.15, 0.2) is 40.0 Å². The van der Waals surface area contributed by atoms with Crippen molar-refractivity contribution < 1.29 is 4.79 Å². The first-order chi connectivity index (χ1) is 17.7. The van der Waals surface area contributed by atoms with Crippen molar-refractivity contribution in [1.82, 2.24) is 9.47 Å². The van der Waals surface area contributed by atoms with Gasteiger partial charge in [-0.1, -0.05) is 68.2 Å². The summed E-state index contributed by atoms with van der Waals surface area (Å²) in [4.78, 5) is 30.8. The van der Waals surface area contributed by atoms with Crippen LogP contribution in [0.2, 0.25) is 0 Å². The molecule has 0 aliphatic carbocycles. The highest BCUT2D eigenvalue weighted by Crippen LogP contribution is 2.37. The van der Waals surface area contributed by atoms with Crippen LogP contribution in [0.1, 0.15) is 55.4 Å². The van der Waals surface area contributed by atoms with E-state index in [1.165, 1.54) is 17.3 Å². The Labute approximate surface area is 229 Å². The Morgan fingerprint density at radius 2 is 1.86 bits per heavy atom. The van der Waals surface area contributed by atoms with E-state index < -0.39 is 0 Å². The predicted molar refractivity (Wildman–Crippen MR) is 156 cm³/mol. The summed E-state index contributed by atoms with van der Waals surface area (Å²) in [6, 6.07) is 12.6. The molecule has 1 aromatic carbocycles. The molecule has 0 spiro atoms. The summed E-state index contributed by atoms with van der Waals surface area (Å²) in [5, 5.41) is 9.74. The second-order valence-electron chi connectivity index (χ2n) is 10.3. The third kappa shape index (κ3) is 5.83. The lowest BCUT2D eigenvalue weighted by Gasteiger charge is -2.36. The van der Waals surface area contributed by atoms with Crippen LogP contribution in [0.25, 0.3) is 6.08 Å². The number of carbonyl (C=O) groups is 1. The number of benzene rings is 1. The molecule has 194 valence electrons. The van der Waals surface area contributed by atoms with Gasteiger partial charge >= 0.3 is 0 Å². The van der Waals surface area contributed by atoms with Crippen molar-refractivity contribution in [1.29, 1.82) is 5.26 Å². The van der Waals surface area contributed by atoms with Gasteiger partial charge in [-0.05, 0) is 61.6 Å². The molecule has 6 nitrogen and oxygen atoms in total. The number of nitrogens with zero attached hydrogens (tertiary/aromatic N) is 4. The lowest BCUT2D eigenvalue weighted by Crippen LogP contribution is -2.39. The fourth-order valence-electron chi connectivity index (χ4n) is 5.10. The van der Waals surface area contributed by atoms with Crippen molar-refractivity contribution in [2.75, 3.05) is 24.5 Å². The summed E-state index contributed by atoms with van der Waals surface area (Å²) in [6.07, 6.45) is 5.79. The molecule has 2 fully saturated rings. The number of carbonyl (C=O) groups excluding carboxylic acids is 1. The zero-order valence-corrected chi connectivity index (χ0v) is 23.6. The van der Waals surface area contributed by atoms with Gasteiger partial charge in [0.1, 0.15) is 21.8 Å². The number of rotatable bonds is 7. The summed E-state index contributed by atoms with van der Waals surface area (Å²) in [7, 11) is 1.72. The van der Waals surface area contributed by atoms with Crippen LogP contribution >= 0.6 is 24.0 Å². The zero-order chi connectivity index (χ0) is 26.7. The van der Waals surface area contributed by atoms with E-state index in [4.69, 9.17) is 12.2 Å². The summed E-state index contributed by atoms with van der Waals surface area (Å²) in [6.45, 7) is 8.27. The van der Waals surface area contributed by atoms with Gasteiger partial charge in [-0.25, -0.2) is 0 Å². The van der Waals surface area contributed by atoms with Gasteiger partial charge in [0, 0.05) is 32.2 Å². The fraction of sp³-hybridized carbons (Fsp3) is 0.448. The van der Waals surface area contributed by atoms with Crippen molar-refractivity contribution >= 4 is 46.1 Å². The molecular formula is C29H34N4O2S2. The maximum Gasteiger partial charge on any atom is 0.270 e. The number of thiocarbonyl (C=S) groups is 1. The molecular weight excluding hydrogens is 500 g/mol. The SMILES string of the molecule is Cc1c(/C=C2\SC(=S)N(CCC(C)C)C2=O)c(N2CCC(Cc3ccccc3)CC2)n(C)c(=O)c1C#N. The maximum atomic E-state index is 13.3. The Kier molecular flexibility index (Phi) is 8.56. The summed E-state index contributed by atoms with van der Waals surface area (Å²) >= 11 is 6.82. The largest absolute Gasteiger partial charge is 0.357 e. The van der Waals surface area contributed by atoms with Crippen molar-refractivity contribution in [2.45, 2.75) is 46.5 Å². The fourth-order valence-corrected chi connectivity index (χ4v) is 6.39. The van der Waals surface area contributed by atoms with E-state index in [9.17, 15) is 14.9 Å². The molecule has 2 aliphatic heterocycles. The number of aromatic nitrogens is 1. The maximum absolute atomic E-state index is 13.3. The van der Waals surface area contributed by atoms with Gasteiger partial charge in [0.05, 0.1) is 4.91 Å². The van der Waals surface area contributed by atoms with Crippen LogP contribution in [0.4, 0.5) is 5.82 Å². The Morgan fingerprint density at radius 3 is 2.49 bits per heavy atom.